The van der Waals surface area contributed by atoms with E-state index in [9.17, 15) is 8.78 Å². The van der Waals surface area contributed by atoms with Gasteiger partial charge in [0.2, 0.25) is 0 Å². The van der Waals surface area contributed by atoms with Crippen molar-refractivity contribution < 1.29 is 8.78 Å². The Kier molecular flexibility index (Phi) is 3.43. The van der Waals surface area contributed by atoms with E-state index in [-0.39, 0.29) is 5.69 Å². The lowest BCUT2D eigenvalue weighted by Crippen LogP contribution is -2.00. The molecular formula is C11H12F2N4. The van der Waals surface area contributed by atoms with Crippen LogP contribution in [0.3, 0.4) is 0 Å². The molecule has 0 saturated heterocycles. The van der Waals surface area contributed by atoms with E-state index in [0.29, 0.717) is 18.7 Å². The van der Waals surface area contributed by atoms with Gasteiger partial charge in [0, 0.05) is 6.07 Å². The molecule has 0 amide bonds. The van der Waals surface area contributed by atoms with Gasteiger partial charge in [0.1, 0.15) is 17.3 Å². The van der Waals surface area contributed by atoms with E-state index in [4.69, 9.17) is 5.73 Å². The molecule has 90 valence electrons. The van der Waals surface area contributed by atoms with Gasteiger partial charge in [0.25, 0.3) is 0 Å². The quantitative estimate of drug-likeness (QED) is 0.876. The van der Waals surface area contributed by atoms with Crippen molar-refractivity contribution in [3.05, 3.63) is 41.7 Å². The average molecular weight is 238 g/mol. The number of aromatic nitrogens is 3. The highest BCUT2D eigenvalue weighted by molar-refractivity contribution is 5.32. The Morgan fingerprint density at radius 3 is 2.88 bits per heavy atom. The Balaban J connectivity index is 2.27. The van der Waals surface area contributed by atoms with Gasteiger partial charge in [0.15, 0.2) is 0 Å². The SMILES string of the molecule is NCCCc1cn(-c2cc(F)ccc2F)nn1. The summed E-state index contributed by atoms with van der Waals surface area (Å²) in [7, 11) is 0. The zero-order chi connectivity index (χ0) is 12.3. The highest BCUT2D eigenvalue weighted by Crippen LogP contribution is 2.14. The van der Waals surface area contributed by atoms with Gasteiger partial charge in [-0.3, -0.25) is 0 Å². The lowest BCUT2D eigenvalue weighted by Gasteiger charge is -2.01. The maximum atomic E-state index is 13.4. The summed E-state index contributed by atoms with van der Waals surface area (Å²) < 4.78 is 27.7. The van der Waals surface area contributed by atoms with E-state index in [1.165, 1.54) is 4.68 Å². The van der Waals surface area contributed by atoms with Gasteiger partial charge >= 0.3 is 0 Å². The van der Waals surface area contributed by atoms with E-state index in [2.05, 4.69) is 10.3 Å². The number of rotatable bonds is 4. The van der Waals surface area contributed by atoms with Crippen LogP contribution in [-0.4, -0.2) is 21.5 Å². The first-order chi connectivity index (χ1) is 8.20. The minimum Gasteiger partial charge on any atom is -0.330 e. The maximum absolute atomic E-state index is 13.4. The Labute approximate surface area is 97.0 Å². The van der Waals surface area contributed by atoms with Crippen LogP contribution in [-0.2, 0) is 6.42 Å². The summed E-state index contributed by atoms with van der Waals surface area (Å²) in [5, 5.41) is 7.63. The molecule has 0 aliphatic rings. The Morgan fingerprint density at radius 1 is 1.29 bits per heavy atom. The molecule has 0 saturated carbocycles. The summed E-state index contributed by atoms with van der Waals surface area (Å²) in [5.74, 6) is -1.05. The van der Waals surface area contributed by atoms with Gasteiger partial charge in [-0.15, -0.1) is 5.10 Å². The van der Waals surface area contributed by atoms with Crippen LogP contribution in [0.4, 0.5) is 8.78 Å². The van der Waals surface area contributed by atoms with Crippen molar-refractivity contribution in [3.8, 4) is 5.69 Å². The van der Waals surface area contributed by atoms with Gasteiger partial charge in [0.05, 0.1) is 11.9 Å². The van der Waals surface area contributed by atoms with Gasteiger partial charge in [-0.25, -0.2) is 13.5 Å². The largest absolute Gasteiger partial charge is 0.330 e. The average Bonchev–Trinajstić information content (AvgIpc) is 2.78. The molecular weight excluding hydrogens is 226 g/mol. The summed E-state index contributed by atoms with van der Waals surface area (Å²) in [6, 6.07) is 3.20. The number of halogens is 2. The lowest BCUT2D eigenvalue weighted by atomic mass is 10.2. The monoisotopic (exact) mass is 238 g/mol. The van der Waals surface area contributed by atoms with Gasteiger partial charge < -0.3 is 5.73 Å². The van der Waals surface area contributed by atoms with Crippen molar-refractivity contribution in [3.63, 3.8) is 0 Å². The predicted octanol–water partition coefficient (Wildman–Crippen LogP) is 1.44. The van der Waals surface area contributed by atoms with Crippen LogP contribution in [0.15, 0.2) is 24.4 Å². The van der Waals surface area contributed by atoms with Crippen LogP contribution in [0.25, 0.3) is 5.69 Å². The fraction of sp³-hybridized carbons (Fsp3) is 0.273. The molecule has 2 aromatic rings. The van der Waals surface area contributed by atoms with E-state index >= 15 is 0 Å². The second-order valence-electron chi connectivity index (χ2n) is 3.64. The van der Waals surface area contributed by atoms with Crippen LogP contribution >= 0.6 is 0 Å². The molecule has 1 aromatic carbocycles. The van der Waals surface area contributed by atoms with Crippen LogP contribution < -0.4 is 5.73 Å². The van der Waals surface area contributed by atoms with Crippen LogP contribution in [0.5, 0.6) is 0 Å². The van der Waals surface area contributed by atoms with E-state index in [1.807, 2.05) is 0 Å². The minimum atomic E-state index is -0.540. The smallest absolute Gasteiger partial charge is 0.149 e. The Bertz CT molecular complexity index is 510. The first-order valence-electron chi connectivity index (χ1n) is 5.27. The molecule has 17 heavy (non-hydrogen) atoms. The molecule has 0 aliphatic heterocycles. The molecule has 1 heterocycles. The fourth-order valence-corrected chi connectivity index (χ4v) is 1.48. The van der Waals surface area contributed by atoms with Crippen LogP contribution in [0.2, 0.25) is 0 Å². The molecule has 2 N–H and O–H groups in total. The Morgan fingerprint density at radius 2 is 2.12 bits per heavy atom. The second-order valence-corrected chi connectivity index (χ2v) is 3.64. The number of nitrogens with two attached hydrogens (primary N) is 1. The predicted molar refractivity (Wildman–Crippen MR) is 58.7 cm³/mol. The van der Waals surface area contributed by atoms with Crippen molar-refractivity contribution in [2.24, 2.45) is 5.73 Å². The molecule has 6 heteroatoms. The number of aryl methyl sites for hydroxylation is 1. The third-order valence-electron chi connectivity index (χ3n) is 2.33. The number of hydrogen-bond acceptors (Lipinski definition) is 3. The zero-order valence-corrected chi connectivity index (χ0v) is 9.11. The summed E-state index contributed by atoms with van der Waals surface area (Å²) in [6.07, 6.45) is 3.03. The van der Waals surface area contributed by atoms with E-state index in [0.717, 1.165) is 24.6 Å². The molecule has 0 fully saturated rings. The molecule has 0 bridgehead atoms. The van der Waals surface area contributed by atoms with Crippen molar-refractivity contribution in [1.29, 1.82) is 0 Å². The van der Waals surface area contributed by atoms with Gasteiger partial charge in [-0.05, 0) is 31.5 Å². The zero-order valence-electron chi connectivity index (χ0n) is 9.11. The molecule has 1 aromatic heterocycles. The van der Waals surface area contributed by atoms with E-state index < -0.39 is 11.6 Å². The molecule has 2 rings (SSSR count). The summed E-state index contributed by atoms with van der Waals surface area (Å²) >= 11 is 0. The lowest BCUT2D eigenvalue weighted by molar-refractivity contribution is 0.584. The molecule has 0 spiro atoms. The van der Waals surface area contributed by atoms with Crippen molar-refractivity contribution in [2.45, 2.75) is 12.8 Å². The molecule has 0 radical (unpaired) electrons. The summed E-state index contributed by atoms with van der Waals surface area (Å²) in [5.41, 5.74) is 6.13. The van der Waals surface area contributed by atoms with E-state index in [1.54, 1.807) is 6.20 Å². The van der Waals surface area contributed by atoms with Crippen LogP contribution in [0.1, 0.15) is 12.1 Å². The van der Waals surface area contributed by atoms with Crippen molar-refractivity contribution >= 4 is 0 Å². The van der Waals surface area contributed by atoms with Crippen molar-refractivity contribution in [2.75, 3.05) is 6.54 Å². The van der Waals surface area contributed by atoms with Crippen molar-refractivity contribution in [1.82, 2.24) is 15.0 Å². The highest BCUT2D eigenvalue weighted by Gasteiger charge is 2.08. The third kappa shape index (κ3) is 2.65. The van der Waals surface area contributed by atoms with Gasteiger partial charge in [-0.2, -0.15) is 0 Å². The molecule has 0 aliphatic carbocycles. The topological polar surface area (TPSA) is 56.7 Å². The summed E-state index contributed by atoms with van der Waals surface area (Å²) in [4.78, 5) is 0. The number of hydrogen-bond donors (Lipinski definition) is 1. The normalized spacial score (nSPS) is 10.8. The Hall–Kier alpha value is -1.82. The summed E-state index contributed by atoms with van der Waals surface area (Å²) in [6.45, 7) is 0.557. The second kappa shape index (κ2) is 5.01. The first kappa shape index (κ1) is 11.7. The molecule has 0 atom stereocenters. The van der Waals surface area contributed by atoms with Gasteiger partial charge in [-0.1, -0.05) is 5.21 Å². The molecule has 0 unspecified atom stereocenters. The standard InChI is InChI=1S/C11H12F2N4/c12-8-3-4-10(13)11(6-8)17-7-9(15-16-17)2-1-5-14/h3-4,6-7H,1-2,5,14H2. The van der Waals surface area contributed by atoms with Crippen LogP contribution in [0, 0.1) is 11.6 Å². The highest BCUT2D eigenvalue weighted by atomic mass is 19.1. The minimum absolute atomic E-state index is 0.0523. The third-order valence-corrected chi connectivity index (χ3v) is 2.33. The first-order valence-corrected chi connectivity index (χ1v) is 5.27. The number of benzene rings is 1. The molecule has 4 nitrogen and oxygen atoms in total. The fourth-order valence-electron chi connectivity index (χ4n) is 1.48. The maximum Gasteiger partial charge on any atom is 0.149 e. The number of nitrogens with zero attached hydrogens (tertiary/aromatic N) is 3.